The Hall–Kier alpha value is -3.03. The van der Waals surface area contributed by atoms with Gasteiger partial charge in [-0.1, -0.05) is 5.16 Å². The second kappa shape index (κ2) is 4.98. The maximum atomic E-state index is 15.3. The zero-order chi connectivity index (χ0) is 17.0. The number of methoxy groups -OCH3 is 1. The van der Waals surface area contributed by atoms with Gasteiger partial charge in [0.25, 0.3) is 5.91 Å². The highest BCUT2D eigenvalue weighted by atomic mass is 19.1. The molecule has 0 radical (unpaired) electrons. The molecule has 0 spiro atoms. The van der Waals surface area contributed by atoms with E-state index in [9.17, 15) is 4.79 Å². The van der Waals surface area contributed by atoms with E-state index in [0.717, 1.165) is 0 Å². The maximum Gasteiger partial charge on any atom is 0.257 e. The molecular formula is C16H15FN4O3. The molecule has 3 heterocycles. The molecule has 1 aliphatic rings. The largest absolute Gasteiger partial charge is 0.496 e. The summed E-state index contributed by atoms with van der Waals surface area (Å²) in [5.74, 6) is 0.528. The number of aromatic nitrogens is 2. The molecule has 8 heteroatoms. The Kier molecular flexibility index (Phi) is 3.02. The van der Waals surface area contributed by atoms with Gasteiger partial charge in [0.15, 0.2) is 5.82 Å². The predicted molar refractivity (Wildman–Crippen MR) is 85.7 cm³/mol. The summed E-state index contributed by atoms with van der Waals surface area (Å²) in [6, 6.07) is 1.65. The lowest BCUT2D eigenvalue weighted by Crippen LogP contribution is -2.34. The molecule has 0 fully saturated rings. The fraction of sp³-hybridized carbons (Fsp3) is 0.250. The summed E-state index contributed by atoms with van der Waals surface area (Å²) in [4.78, 5) is 15.1. The van der Waals surface area contributed by atoms with Crippen LogP contribution in [0.2, 0.25) is 0 Å². The van der Waals surface area contributed by atoms with Crippen molar-refractivity contribution >= 4 is 22.6 Å². The number of H-pyrrole nitrogens is 1. The molecule has 4 rings (SSSR count). The Balaban J connectivity index is 2.10. The highest BCUT2D eigenvalue weighted by Gasteiger charge is 2.28. The number of nitrogens with one attached hydrogen (secondary N) is 3. The van der Waals surface area contributed by atoms with Gasteiger partial charge in [0.2, 0.25) is 0 Å². The molecule has 1 aliphatic heterocycles. The summed E-state index contributed by atoms with van der Waals surface area (Å²) in [6.45, 7) is 3.74. The third-order valence-electron chi connectivity index (χ3n) is 4.24. The quantitative estimate of drug-likeness (QED) is 0.672. The molecule has 0 saturated carbocycles. The number of nitrogens with zero attached hydrogens (tertiary/aromatic N) is 1. The van der Waals surface area contributed by atoms with Crippen molar-refractivity contribution in [2.24, 2.45) is 0 Å². The number of ether oxygens (including phenoxy) is 1. The van der Waals surface area contributed by atoms with E-state index < -0.39 is 5.82 Å². The number of hydrogen-bond acceptors (Lipinski definition) is 5. The molecule has 3 aromatic rings. The van der Waals surface area contributed by atoms with Gasteiger partial charge in [0.1, 0.15) is 17.3 Å². The van der Waals surface area contributed by atoms with Gasteiger partial charge in [-0.15, -0.1) is 0 Å². The summed E-state index contributed by atoms with van der Waals surface area (Å²) >= 11 is 0. The van der Waals surface area contributed by atoms with Crippen LogP contribution in [-0.2, 0) is 0 Å². The van der Waals surface area contributed by atoms with Crippen molar-refractivity contribution in [1.29, 1.82) is 0 Å². The van der Waals surface area contributed by atoms with Crippen molar-refractivity contribution in [2.45, 2.75) is 13.8 Å². The van der Waals surface area contributed by atoms with Crippen molar-refractivity contribution in [1.82, 2.24) is 15.5 Å². The van der Waals surface area contributed by atoms with E-state index in [4.69, 9.17) is 9.26 Å². The van der Waals surface area contributed by atoms with Crippen LogP contribution < -0.4 is 15.4 Å². The van der Waals surface area contributed by atoms with Gasteiger partial charge in [-0.05, 0) is 19.9 Å². The fourth-order valence-electron chi connectivity index (χ4n) is 3.17. The van der Waals surface area contributed by atoms with Crippen LogP contribution in [0, 0.1) is 19.7 Å². The van der Waals surface area contributed by atoms with Crippen molar-refractivity contribution in [3.63, 3.8) is 0 Å². The molecule has 24 heavy (non-hydrogen) atoms. The molecule has 2 aromatic heterocycles. The van der Waals surface area contributed by atoms with E-state index in [1.165, 1.54) is 7.11 Å². The summed E-state index contributed by atoms with van der Waals surface area (Å²) < 4.78 is 25.9. The minimum absolute atomic E-state index is 0.236. The molecule has 1 aromatic carbocycles. The van der Waals surface area contributed by atoms with Crippen LogP contribution in [0.25, 0.3) is 22.0 Å². The lowest BCUT2D eigenvalue weighted by atomic mass is 9.99. The highest BCUT2D eigenvalue weighted by Crippen LogP contribution is 2.42. The Morgan fingerprint density at radius 3 is 2.71 bits per heavy atom. The van der Waals surface area contributed by atoms with Gasteiger partial charge in [0.05, 0.1) is 41.7 Å². The number of rotatable bonds is 2. The number of carbonyl (C=O) groups is 1. The lowest BCUT2D eigenvalue weighted by Gasteiger charge is -2.14. The summed E-state index contributed by atoms with van der Waals surface area (Å²) in [5, 5.41) is 10.0. The second-order valence-corrected chi connectivity index (χ2v) is 5.62. The van der Waals surface area contributed by atoms with E-state index in [2.05, 4.69) is 20.8 Å². The van der Waals surface area contributed by atoms with Crippen molar-refractivity contribution in [3.8, 4) is 16.9 Å². The Morgan fingerprint density at radius 2 is 2.04 bits per heavy atom. The van der Waals surface area contributed by atoms with Crippen LogP contribution in [0.4, 0.5) is 10.2 Å². The highest BCUT2D eigenvalue weighted by molar-refractivity contribution is 6.14. The summed E-state index contributed by atoms with van der Waals surface area (Å²) in [5.41, 5.74) is 1.99. The van der Waals surface area contributed by atoms with Gasteiger partial charge >= 0.3 is 0 Å². The third-order valence-corrected chi connectivity index (χ3v) is 4.24. The first-order valence-electron chi connectivity index (χ1n) is 7.40. The van der Waals surface area contributed by atoms with Crippen LogP contribution in [-0.4, -0.2) is 29.8 Å². The summed E-state index contributed by atoms with van der Waals surface area (Å²) in [7, 11) is 1.46. The van der Waals surface area contributed by atoms with Crippen LogP contribution in [0.15, 0.2) is 10.6 Å². The number of aromatic amines is 1. The van der Waals surface area contributed by atoms with Gasteiger partial charge < -0.3 is 24.9 Å². The topological polar surface area (TPSA) is 92.2 Å². The van der Waals surface area contributed by atoms with Gasteiger partial charge in [-0.3, -0.25) is 4.79 Å². The molecule has 3 N–H and O–H groups in total. The first kappa shape index (κ1) is 14.6. The number of amides is 1. The average molecular weight is 330 g/mol. The molecule has 0 atom stereocenters. The Morgan fingerprint density at radius 1 is 1.25 bits per heavy atom. The number of fused-ring (bicyclic) bond motifs is 3. The standard InChI is InChI=1S/C16H15FN4O3/c1-6-10(7(2)24-21-6)12-9(23-3)4-8-11-15(18-5-19-16(11)22)20-14(8)13(12)17/h4,18,20H,5H2,1-3H3,(H,19,22). The predicted octanol–water partition coefficient (Wildman–Crippen LogP) is 2.70. The number of hydrogen-bond donors (Lipinski definition) is 3. The number of aryl methyl sites for hydroxylation is 2. The molecule has 0 saturated heterocycles. The number of anilines is 1. The smallest absolute Gasteiger partial charge is 0.257 e. The minimum Gasteiger partial charge on any atom is -0.496 e. The van der Waals surface area contributed by atoms with Crippen molar-refractivity contribution in [3.05, 3.63) is 28.9 Å². The third kappa shape index (κ3) is 1.82. The van der Waals surface area contributed by atoms with Gasteiger partial charge in [-0.2, -0.15) is 0 Å². The molecular weight excluding hydrogens is 315 g/mol. The van der Waals surface area contributed by atoms with Gasteiger partial charge in [0, 0.05) is 5.39 Å². The molecule has 124 valence electrons. The first-order chi connectivity index (χ1) is 11.5. The monoisotopic (exact) mass is 330 g/mol. The zero-order valence-electron chi connectivity index (χ0n) is 13.3. The van der Waals surface area contributed by atoms with E-state index in [1.807, 2.05) is 0 Å². The Bertz CT molecular complexity index is 970. The van der Waals surface area contributed by atoms with E-state index in [-0.39, 0.29) is 23.7 Å². The van der Waals surface area contributed by atoms with Crippen LogP contribution in [0.1, 0.15) is 21.8 Å². The van der Waals surface area contributed by atoms with Crippen LogP contribution in [0.5, 0.6) is 5.75 Å². The SMILES string of the molecule is COc1cc2c3c([nH]c2c(F)c1-c1c(C)noc1C)NCNC3=O. The second-order valence-electron chi connectivity index (χ2n) is 5.62. The average Bonchev–Trinajstić information content (AvgIpc) is 3.09. The lowest BCUT2D eigenvalue weighted by molar-refractivity contribution is 0.0954. The van der Waals surface area contributed by atoms with E-state index in [1.54, 1.807) is 19.9 Å². The zero-order valence-corrected chi connectivity index (χ0v) is 13.3. The van der Waals surface area contributed by atoms with E-state index >= 15 is 4.39 Å². The summed E-state index contributed by atoms with van der Waals surface area (Å²) in [6.07, 6.45) is 0. The van der Waals surface area contributed by atoms with Gasteiger partial charge in [-0.25, -0.2) is 4.39 Å². The van der Waals surface area contributed by atoms with Crippen molar-refractivity contribution < 1.29 is 18.4 Å². The van der Waals surface area contributed by atoms with Crippen molar-refractivity contribution in [2.75, 3.05) is 19.1 Å². The Labute approximate surface area is 136 Å². The minimum atomic E-state index is -0.511. The number of halogens is 1. The molecule has 0 bridgehead atoms. The molecule has 0 unspecified atom stereocenters. The fourth-order valence-corrected chi connectivity index (χ4v) is 3.17. The van der Waals surface area contributed by atoms with E-state index in [0.29, 0.717) is 39.5 Å². The van der Waals surface area contributed by atoms with Crippen LogP contribution >= 0.6 is 0 Å². The number of benzene rings is 1. The molecule has 7 nitrogen and oxygen atoms in total. The molecule has 1 amide bonds. The molecule has 0 aliphatic carbocycles. The normalized spacial score (nSPS) is 13.6. The maximum absolute atomic E-state index is 15.3. The number of carbonyl (C=O) groups excluding carboxylic acids is 1. The first-order valence-corrected chi connectivity index (χ1v) is 7.40. The van der Waals surface area contributed by atoms with Crippen LogP contribution in [0.3, 0.4) is 0 Å².